The van der Waals surface area contributed by atoms with E-state index >= 15 is 0 Å². The molecular formula is C41H53N5O13. The summed E-state index contributed by atoms with van der Waals surface area (Å²) in [5, 5.41) is 10.4. The fourth-order valence-electron chi connectivity index (χ4n) is 5.68. The number of likely N-dealkylation sites (tertiary alicyclic amines) is 1. The third-order valence-corrected chi connectivity index (χ3v) is 8.78. The Kier molecular flexibility index (Phi) is 18.2. The topological polar surface area (TPSA) is 226 Å². The summed E-state index contributed by atoms with van der Waals surface area (Å²) in [6, 6.07) is 6.81. The molecule has 0 aliphatic carbocycles. The van der Waals surface area contributed by atoms with Crippen LogP contribution in [-0.2, 0) is 44.7 Å². The quantitative estimate of drug-likeness (QED) is 0.0626. The second-order valence-electron chi connectivity index (χ2n) is 13.8. The van der Waals surface area contributed by atoms with Crippen molar-refractivity contribution in [3.8, 4) is 11.5 Å². The average Bonchev–Trinajstić information content (AvgIpc) is 3.58. The molecule has 1 heterocycles. The normalized spacial score (nSPS) is 14.3. The van der Waals surface area contributed by atoms with Crippen molar-refractivity contribution >= 4 is 53.2 Å². The van der Waals surface area contributed by atoms with E-state index in [9.17, 15) is 33.6 Å². The van der Waals surface area contributed by atoms with Crippen molar-refractivity contribution in [1.82, 2.24) is 15.5 Å². The van der Waals surface area contributed by atoms with Crippen molar-refractivity contribution in [2.24, 2.45) is 5.92 Å². The number of anilines is 2. The Morgan fingerprint density at radius 3 is 2.24 bits per heavy atom. The molecule has 18 heteroatoms. The fraction of sp³-hybridized carbons (Fsp3) is 0.439. The number of nitrogens with one attached hydrogen (secondary N) is 4. The van der Waals surface area contributed by atoms with Gasteiger partial charge in [-0.1, -0.05) is 50.8 Å². The van der Waals surface area contributed by atoms with Crippen LogP contribution in [0.3, 0.4) is 0 Å². The number of ether oxygens (including phenoxy) is 6. The van der Waals surface area contributed by atoms with Gasteiger partial charge in [-0.25, -0.2) is 9.59 Å². The molecule has 0 aromatic heterocycles. The number of amides is 5. The van der Waals surface area contributed by atoms with Crippen molar-refractivity contribution in [2.45, 2.75) is 71.7 Å². The Labute approximate surface area is 342 Å². The summed E-state index contributed by atoms with van der Waals surface area (Å²) in [7, 11) is 2.67. The van der Waals surface area contributed by atoms with Crippen molar-refractivity contribution in [2.75, 3.05) is 51.2 Å². The van der Waals surface area contributed by atoms with E-state index in [2.05, 4.69) is 39.2 Å². The molecule has 0 saturated carbocycles. The van der Waals surface area contributed by atoms with Crippen LogP contribution in [0.2, 0.25) is 0 Å². The SMILES string of the molecule is C=CCOC(=O)N[C@H](C(=O)N[C@@H](C)C(=O)Nc1ccc(COC(=O)Nc2cc(OCCCC(=O)OC)c(OC)cc2C(=O)N2CC(=C)C[C@H]2COC(C)=O)cc1)C(C)C. The number of rotatable bonds is 20. The number of carbonyl (C=O) groups is 7. The molecule has 0 unspecified atom stereocenters. The molecule has 1 fully saturated rings. The van der Waals surface area contributed by atoms with Crippen LogP contribution < -0.4 is 30.7 Å². The third-order valence-electron chi connectivity index (χ3n) is 8.78. The lowest BCUT2D eigenvalue weighted by Crippen LogP contribution is -2.53. The highest BCUT2D eigenvalue weighted by Crippen LogP contribution is 2.36. The first-order valence-electron chi connectivity index (χ1n) is 18.8. The lowest BCUT2D eigenvalue weighted by atomic mass is 10.0. The Balaban J connectivity index is 1.70. The first-order valence-corrected chi connectivity index (χ1v) is 18.8. The molecule has 1 saturated heterocycles. The van der Waals surface area contributed by atoms with Crippen LogP contribution in [0.5, 0.6) is 11.5 Å². The molecule has 0 spiro atoms. The van der Waals surface area contributed by atoms with Crippen LogP contribution in [0.4, 0.5) is 21.0 Å². The van der Waals surface area contributed by atoms with Crippen LogP contribution >= 0.6 is 0 Å². The summed E-state index contributed by atoms with van der Waals surface area (Å²) < 4.78 is 31.6. The summed E-state index contributed by atoms with van der Waals surface area (Å²) in [6.45, 7) is 13.7. The molecule has 0 bridgehead atoms. The molecule has 4 N–H and O–H groups in total. The van der Waals surface area contributed by atoms with E-state index in [1.54, 1.807) is 38.1 Å². The number of hydrogen-bond donors (Lipinski definition) is 4. The minimum absolute atomic E-state index is 0.0278. The monoisotopic (exact) mass is 823 g/mol. The van der Waals surface area contributed by atoms with Gasteiger partial charge in [0.15, 0.2) is 11.5 Å². The van der Waals surface area contributed by atoms with Crippen molar-refractivity contribution in [3.05, 3.63) is 72.3 Å². The number of benzene rings is 2. The Hall–Kier alpha value is -6.59. The summed E-state index contributed by atoms with van der Waals surface area (Å²) in [5.74, 6) is -2.44. The van der Waals surface area contributed by atoms with E-state index in [0.29, 0.717) is 24.1 Å². The minimum Gasteiger partial charge on any atom is -0.493 e. The molecule has 0 radical (unpaired) electrons. The van der Waals surface area contributed by atoms with Crippen LogP contribution in [0.15, 0.2) is 61.2 Å². The zero-order valence-electron chi connectivity index (χ0n) is 34.2. The Morgan fingerprint density at radius 2 is 1.61 bits per heavy atom. The highest BCUT2D eigenvalue weighted by atomic mass is 16.6. The largest absolute Gasteiger partial charge is 0.493 e. The maximum absolute atomic E-state index is 14.0. The Morgan fingerprint density at radius 1 is 0.898 bits per heavy atom. The van der Waals surface area contributed by atoms with Gasteiger partial charge in [0.05, 0.1) is 38.1 Å². The second-order valence-corrected chi connectivity index (χ2v) is 13.8. The highest BCUT2D eigenvalue weighted by Gasteiger charge is 2.34. The minimum atomic E-state index is -0.967. The summed E-state index contributed by atoms with van der Waals surface area (Å²) in [5.41, 5.74) is 1.78. The first-order chi connectivity index (χ1) is 28.1. The van der Waals surface area contributed by atoms with Crippen LogP contribution in [0, 0.1) is 5.92 Å². The molecule has 2 aromatic rings. The predicted molar refractivity (Wildman–Crippen MR) is 215 cm³/mol. The van der Waals surface area contributed by atoms with E-state index in [4.69, 9.17) is 23.7 Å². The van der Waals surface area contributed by atoms with E-state index in [0.717, 1.165) is 5.57 Å². The molecule has 2 aromatic carbocycles. The maximum atomic E-state index is 14.0. The van der Waals surface area contributed by atoms with Crippen LogP contribution in [-0.4, -0.2) is 105 Å². The standard InChI is InChI=1S/C41H53N5O13/c1-9-16-57-41(53)45-36(24(2)3)38(50)42-26(5)37(49)43-29-14-12-28(13-15-29)22-59-40(52)44-32-20-34(56-17-10-11-35(48)55-8)33(54-7)19-31(32)39(51)46-21-25(4)18-30(46)23-58-27(6)47/h9,12-15,19-20,24,26,30,36H,1,4,10-11,16-18,21-23H2,2-3,5-8H3,(H,42,50)(H,43,49)(H,44,52)(H,45,53)/t26-,30-,36-/m0/s1. The number of nitrogens with zero attached hydrogens (tertiary/aromatic N) is 1. The molecule has 18 nitrogen and oxygen atoms in total. The zero-order valence-corrected chi connectivity index (χ0v) is 34.2. The molecular weight excluding hydrogens is 770 g/mol. The molecule has 59 heavy (non-hydrogen) atoms. The summed E-state index contributed by atoms with van der Waals surface area (Å²) >= 11 is 0. The first kappa shape index (κ1) is 46.8. The van der Waals surface area contributed by atoms with Gasteiger partial charge >= 0.3 is 24.1 Å². The number of alkyl carbamates (subject to hydrolysis) is 1. The van der Waals surface area contributed by atoms with Gasteiger partial charge in [0.1, 0.15) is 31.9 Å². The smallest absolute Gasteiger partial charge is 0.411 e. The molecule has 1 aliphatic heterocycles. The molecule has 5 amide bonds. The number of methoxy groups -OCH3 is 2. The number of carbonyl (C=O) groups excluding carboxylic acids is 7. The lowest BCUT2D eigenvalue weighted by molar-refractivity contribution is -0.142. The van der Waals surface area contributed by atoms with E-state index in [1.165, 1.54) is 51.2 Å². The van der Waals surface area contributed by atoms with Gasteiger partial charge in [-0.05, 0) is 49.4 Å². The third kappa shape index (κ3) is 14.7. The fourth-order valence-corrected chi connectivity index (χ4v) is 5.68. The van der Waals surface area contributed by atoms with Gasteiger partial charge in [-0.3, -0.25) is 29.3 Å². The van der Waals surface area contributed by atoms with Crippen LogP contribution in [0.1, 0.15) is 62.9 Å². The van der Waals surface area contributed by atoms with Crippen LogP contribution in [0.25, 0.3) is 0 Å². The molecule has 3 rings (SSSR count). The van der Waals surface area contributed by atoms with E-state index in [1.807, 2.05) is 0 Å². The van der Waals surface area contributed by atoms with Gasteiger partial charge in [-0.15, -0.1) is 0 Å². The van der Waals surface area contributed by atoms with Gasteiger partial charge in [0, 0.05) is 31.6 Å². The predicted octanol–water partition coefficient (Wildman–Crippen LogP) is 4.49. The Bertz CT molecular complexity index is 1860. The van der Waals surface area contributed by atoms with E-state index in [-0.39, 0.29) is 68.1 Å². The number of hydrogen-bond acceptors (Lipinski definition) is 13. The molecule has 3 atom stereocenters. The van der Waals surface area contributed by atoms with Gasteiger partial charge in [0.2, 0.25) is 11.8 Å². The number of esters is 2. The van der Waals surface area contributed by atoms with Gasteiger partial charge in [0.25, 0.3) is 5.91 Å². The zero-order chi connectivity index (χ0) is 43.6. The average molecular weight is 824 g/mol. The second kappa shape index (κ2) is 23.0. The van der Waals surface area contributed by atoms with Gasteiger partial charge in [-0.2, -0.15) is 0 Å². The van der Waals surface area contributed by atoms with Crippen molar-refractivity contribution in [1.29, 1.82) is 0 Å². The maximum Gasteiger partial charge on any atom is 0.411 e. The van der Waals surface area contributed by atoms with Crippen molar-refractivity contribution in [3.63, 3.8) is 0 Å². The summed E-state index contributed by atoms with van der Waals surface area (Å²) in [6.07, 6.45) is 0.526. The van der Waals surface area contributed by atoms with E-state index < -0.39 is 60.0 Å². The lowest BCUT2D eigenvalue weighted by Gasteiger charge is -2.25. The van der Waals surface area contributed by atoms with Crippen molar-refractivity contribution < 1.29 is 62.0 Å². The highest BCUT2D eigenvalue weighted by molar-refractivity contribution is 6.04. The molecule has 320 valence electrons. The summed E-state index contributed by atoms with van der Waals surface area (Å²) in [4.78, 5) is 89.6. The van der Waals surface area contributed by atoms with Gasteiger partial charge < -0.3 is 49.3 Å². The molecule has 1 aliphatic rings.